The third-order valence-electron chi connectivity index (χ3n) is 5.25. The van der Waals surface area contributed by atoms with Gasteiger partial charge in [-0.15, -0.1) is 0 Å². The Morgan fingerprint density at radius 1 is 1.08 bits per heavy atom. The van der Waals surface area contributed by atoms with Gasteiger partial charge in [-0.3, -0.25) is 9.59 Å². The number of nitrogens with one attached hydrogen (secondary N) is 2. The van der Waals surface area contributed by atoms with Gasteiger partial charge < -0.3 is 20.1 Å². The average molecular weight is 544 g/mol. The van der Waals surface area contributed by atoms with Gasteiger partial charge in [-0.05, 0) is 53.6 Å². The van der Waals surface area contributed by atoms with Crippen molar-refractivity contribution in [1.29, 1.82) is 0 Å². The van der Waals surface area contributed by atoms with E-state index < -0.39 is 30.2 Å². The van der Waals surface area contributed by atoms with Gasteiger partial charge in [-0.1, -0.05) is 47.5 Å². The van der Waals surface area contributed by atoms with E-state index in [4.69, 9.17) is 32.7 Å². The summed E-state index contributed by atoms with van der Waals surface area (Å²) in [6.07, 6.45) is 1.38. The molecule has 2 N–H and O–H groups in total. The maximum absolute atomic E-state index is 13.4. The number of hydrogen-bond donors (Lipinski definition) is 2. The van der Waals surface area contributed by atoms with E-state index in [9.17, 15) is 18.8 Å². The third kappa shape index (κ3) is 6.19. The van der Waals surface area contributed by atoms with Gasteiger partial charge in [0.2, 0.25) is 5.91 Å². The quantitative estimate of drug-likeness (QED) is 0.298. The zero-order valence-corrected chi connectivity index (χ0v) is 20.9. The zero-order chi connectivity index (χ0) is 26.5. The van der Waals surface area contributed by atoms with E-state index in [0.717, 1.165) is 4.90 Å². The van der Waals surface area contributed by atoms with Gasteiger partial charge in [0.1, 0.15) is 30.4 Å². The molecule has 0 aromatic heterocycles. The number of carbonyl (C=O) groups is 3. The van der Waals surface area contributed by atoms with Crippen LogP contribution in [0.25, 0.3) is 6.08 Å². The Morgan fingerprint density at radius 3 is 2.51 bits per heavy atom. The number of hydrogen-bond acceptors (Lipinski definition) is 5. The molecular formula is C26H20Cl2FN3O5. The Hall–Kier alpha value is -4.08. The van der Waals surface area contributed by atoms with Crippen molar-refractivity contribution in [3.63, 3.8) is 0 Å². The molecule has 4 amide bonds. The molecule has 1 aliphatic rings. The smallest absolute Gasteiger partial charge is 0.329 e. The summed E-state index contributed by atoms with van der Waals surface area (Å²) in [6.45, 7) is -0.466. The van der Waals surface area contributed by atoms with Gasteiger partial charge in [-0.2, -0.15) is 0 Å². The van der Waals surface area contributed by atoms with Crippen LogP contribution in [-0.4, -0.2) is 36.4 Å². The van der Waals surface area contributed by atoms with Gasteiger partial charge in [0.25, 0.3) is 5.91 Å². The molecule has 8 nitrogen and oxygen atoms in total. The highest BCUT2D eigenvalue weighted by Crippen LogP contribution is 2.35. The topological polar surface area (TPSA) is 97.0 Å². The molecule has 11 heteroatoms. The number of ether oxygens (including phenoxy) is 2. The highest BCUT2D eigenvalue weighted by Gasteiger charge is 2.35. The summed E-state index contributed by atoms with van der Waals surface area (Å²) < 4.78 is 24.2. The maximum Gasteiger partial charge on any atom is 0.329 e. The molecule has 1 saturated heterocycles. The lowest BCUT2D eigenvalue weighted by atomic mass is 10.1. The van der Waals surface area contributed by atoms with E-state index >= 15 is 0 Å². The van der Waals surface area contributed by atoms with Crippen molar-refractivity contribution in [3.8, 4) is 11.5 Å². The van der Waals surface area contributed by atoms with Crippen LogP contribution in [0.3, 0.4) is 0 Å². The van der Waals surface area contributed by atoms with Crippen molar-refractivity contribution in [3.05, 3.63) is 93.4 Å². The van der Waals surface area contributed by atoms with Crippen molar-refractivity contribution >= 4 is 52.8 Å². The molecule has 3 aromatic rings. The van der Waals surface area contributed by atoms with E-state index in [1.165, 1.54) is 37.5 Å². The summed E-state index contributed by atoms with van der Waals surface area (Å²) in [4.78, 5) is 38.4. The van der Waals surface area contributed by atoms with Crippen molar-refractivity contribution in [2.75, 3.05) is 19.0 Å². The molecule has 0 atom stereocenters. The van der Waals surface area contributed by atoms with Gasteiger partial charge in [-0.25, -0.2) is 14.1 Å². The zero-order valence-electron chi connectivity index (χ0n) is 19.4. The van der Waals surface area contributed by atoms with Gasteiger partial charge in [0, 0.05) is 0 Å². The van der Waals surface area contributed by atoms with E-state index in [-0.39, 0.29) is 28.1 Å². The summed E-state index contributed by atoms with van der Waals surface area (Å²) in [5.41, 5.74) is 1.35. The molecule has 0 spiro atoms. The van der Waals surface area contributed by atoms with Crippen LogP contribution < -0.4 is 20.1 Å². The predicted octanol–water partition coefficient (Wildman–Crippen LogP) is 5.25. The van der Waals surface area contributed by atoms with Gasteiger partial charge >= 0.3 is 6.03 Å². The monoisotopic (exact) mass is 543 g/mol. The predicted molar refractivity (Wildman–Crippen MR) is 137 cm³/mol. The first-order valence-corrected chi connectivity index (χ1v) is 11.6. The van der Waals surface area contributed by atoms with Crippen molar-refractivity contribution < 1.29 is 28.2 Å². The molecule has 3 aromatic carbocycles. The lowest BCUT2D eigenvalue weighted by Crippen LogP contribution is -2.38. The molecular weight excluding hydrogens is 524 g/mol. The molecule has 4 rings (SSSR count). The summed E-state index contributed by atoms with van der Waals surface area (Å²) in [5.74, 6) is -1.05. The highest BCUT2D eigenvalue weighted by atomic mass is 35.5. The van der Waals surface area contributed by atoms with Crippen molar-refractivity contribution in [2.24, 2.45) is 0 Å². The molecule has 1 fully saturated rings. The van der Waals surface area contributed by atoms with E-state index in [1.54, 1.807) is 36.4 Å². The Bertz CT molecular complexity index is 1390. The number of carbonyl (C=O) groups excluding carboxylic acids is 3. The first-order valence-electron chi connectivity index (χ1n) is 10.9. The van der Waals surface area contributed by atoms with E-state index in [2.05, 4.69) is 10.6 Å². The fourth-order valence-corrected chi connectivity index (χ4v) is 4.16. The number of nitrogens with zero attached hydrogens (tertiary/aromatic N) is 1. The number of benzene rings is 3. The minimum Gasteiger partial charge on any atom is -0.495 e. The Labute approximate surface area is 221 Å². The summed E-state index contributed by atoms with van der Waals surface area (Å²) in [6, 6.07) is 14.9. The van der Waals surface area contributed by atoms with Gasteiger partial charge in [0.15, 0.2) is 5.75 Å². The Morgan fingerprint density at radius 2 is 1.81 bits per heavy atom. The lowest BCUT2D eigenvalue weighted by Gasteiger charge is -2.13. The normalized spacial score (nSPS) is 14.1. The molecule has 0 radical (unpaired) electrons. The van der Waals surface area contributed by atoms with Crippen molar-refractivity contribution in [2.45, 2.75) is 6.61 Å². The molecule has 0 bridgehead atoms. The maximum atomic E-state index is 13.4. The van der Waals surface area contributed by atoms with Crippen LogP contribution in [0.4, 0.5) is 14.9 Å². The van der Waals surface area contributed by atoms with Crippen LogP contribution in [0, 0.1) is 5.82 Å². The average Bonchev–Trinajstić information content (AvgIpc) is 3.11. The number of imide groups is 1. The summed E-state index contributed by atoms with van der Waals surface area (Å²) in [5, 5.41) is 5.36. The number of halogens is 3. The van der Waals surface area contributed by atoms with E-state index in [1.807, 2.05) is 0 Å². The molecule has 1 aliphatic heterocycles. The molecule has 1 heterocycles. The van der Waals surface area contributed by atoms with Gasteiger partial charge in [0.05, 0.1) is 22.8 Å². The number of amides is 4. The van der Waals surface area contributed by atoms with Crippen LogP contribution in [0.2, 0.25) is 10.0 Å². The molecule has 0 unspecified atom stereocenters. The third-order valence-corrected chi connectivity index (χ3v) is 5.81. The number of anilines is 1. The van der Waals surface area contributed by atoms with Crippen LogP contribution in [-0.2, 0) is 16.2 Å². The number of rotatable bonds is 8. The standard InChI is InChI=1S/C26H20Cl2FN3O5/c1-36-22-8-3-2-7-20(22)30-23(33)13-32-25(34)21(31-26(32)35)12-16-10-18(27)24(19(28)11-16)37-14-15-5-4-6-17(29)9-15/h2-12H,13-14H2,1H3,(H,30,33)(H,31,35)/b21-12+. The summed E-state index contributed by atoms with van der Waals surface area (Å²) in [7, 11) is 1.46. The summed E-state index contributed by atoms with van der Waals surface area (Å²) >= 11 is 12.6. The first kappa shape index (κ1) is 26.0. The molecule has 190 valence electrons. The second-order valence-electron chi connectivity index (χ2n) is 7.86. The molecule has 37 heavy (non-hydrogen) atoms. The van der Waals surface area contributed by atoms with Crippen molar-refractivity contribution in [1.82, 2.24) is 10.2 Å². The second kappa shape index (κ2) is 11.3. The second-order valence-corrected chi connectivity index (χ2v) is 8.67. The van der Waals surface area contributed by atoms with Crippen LogP contribution in [0.1, 0.15) is 11.1 Å². The molecule has 0 aliphatic carbocycles. The molecule has 0 saturated carbocycles. The Balaban J connectivity index is 1.44. The fourth-order valence-electron chi connectivity index (χ4n) is 3.55. The van der Waals surface area contributed by atoms with Crippen LogP contribution >= 0.6 is 23.2 Å². The number of para-hydroxylation sites is 2. The first-order chi connectivity index (χ1) is 17.7. The Kier molecular flexibility index (Phi) is 7.95. The highest BCUT2D eigenvalue weighted by molar-refractivity contribution is 6.37. The fraction of sp³-hybridized carbons (Fsp3) is 0.115. The van der Waals surface area contributed by atoms with E-state index in [0.29, 0.717) is 22.6 Å². The minimum atomic E-state index is -0.751. The lowest BCUT2D eigenvalue weighted by molar-refractivity contribution is -0.127. The number of methoxy groups -OCH3 is 1. The van der Waals surface area contributed by atoms with Crippen LogP contribution in [0.15, 0.2) is 66.4 Å². The number of urea groups is 1. The minimum absolute atomic E-state index is 0.0397. The largest absolute Gasteiger partial charge is 0.495 e. The SMILES string of the molecule is COc1ccccc1NC(=O)CN1C(=O)N/C(=C/c2cc(Cl)c(OCc3cccc(F)c3)c(Cl)c2)C1=O. The van der Waals surface area contributed by atoms with Crippen LogP contribution in [0.5, 0.6) is 11.5 Å².